The summed E-state index contributed by atoms with van der Waals surface area (Å²) in [6, 6.07) is 16.6. The highest BCUT2D eigenvalue weighted by molar-refractivity contribution is 9.09. The molecule has 15 heavy (non-hydrogen) atoms. The van der Waals surface area contributed by atoms with E-state index in [0.717, 1.165) is 5.56 Å². The third kappa shape index (κ3) is 2.45. The fraction of sp³-hybridized carbons (Fsp3) is 0.0769. The van der Waals surface area contributed by atoms with Gasteiger partial charge in [-0.2, -0.15) is 0 Å². The summed E-state index contributed by atoms with van der Waals surface area (Å²) in [6.45, 7) is 0. The molecule has 1 atom stereocenters. The van der Waals surface area contributed by atoms with Gasteiger partial charge in [0.25, 0.3) is 0 Å². The molecule has 0 radical (unpaired) electrons. The molecule has 0 bridgehead atoms. The van der Waals surface area contributed by atoms with Crippen molar-refractivity contribution in [2.75, 3.05) is 0 Å². The Balaban J connectivity index is 2.29. The quantitative estimate of drug-likeness (QED) is 0.710. The largest absolute Gasteiger partial charge is 0.207 e. The average molecular weight is 265 g/mol. The molecule has 0 saturated carbocycles. The van der Waals surface area contributed by atoms with Crippen molar-refractivity contribution in [2.45, 2.75) is 4.83 Å². The molecule has 0 nitrogen and oxygen atoms in total. The Morgan fingerprint density at radius 1 is 0.800 bits per heavy atom. The van der Waals surface area contributed by atoms with Crippen molar-refractivity contribution < 1.29 is 4.39 Å². The van der Waals surface area contributed by atoms with Gasteiger partial charge in [0, 0.05) is 0 Å². The van der Waals surface area contributed by atoms with E-state index in [4.69, 9.17) is 0 Å². The van der Waals surface area contributed by atoms with E-state index in [0.29, 0.717) is 0 Å². The first-order valence-corrected chi connectivity index (χ1v) is 5.63. The van der Waals surface area contributed by atoms with E-state index in [-0.39, 0.29) is 10.6 Å². The number of rotatable bonds is 2. The summed E-state index contributed by atoms with van der Waals surface area (Å²) in [5.41, 5.74) is 2.23. The van der Waals surface area contributed by atoms with Crippen LogP contribution in [0.3, 0.4) is 0 Å². The molecule has 76 valence electrons. The van der Waals surface area contributed by atoms with Crippen molar-refractivity contribution in [3.63, 3.8) is 0 Å². The Labute approximate surface area is 96.9 Å². The van der Waals surface area contributed by atoms with Gasteiger partial charge in [-0.25, -0.2) is 4.39 Å². The van der Waals surface area contributed by atoms with Crippen LogP contribution < -0.4 is 0 Å². The SMILES string of the molecule is Fc1ccc(C(Br)c2ccccc2)cc1. The second-order valence-corrected chi connectivity index (χ2v) is 4.24. The molecule has 0 fully saturated rings. The van der Waals surface area contributed by atoms with Crippen LogP contribution >= 0.6 is 15.9 Å². The second-order valence-electron chi connectivity index (χ2n) is 3.32. The van der Waals surface area contributed by atoms with Crippen molar-refractivity contribution in [3.05, 3.63) is 71.5 Å². The highest BCUT2D eigenvalue weighted by atomic mass is 79.9. The predicted octanol–water partition coefficient (Wildman–Crippen LogP) is 4.31. The van der Waals surface area contributed by atoms with E-state index < -0.39 is 0 Å². The van der Waals surface area contributed by atoms with E-state index in [2.05, 4.69) is 15.9 Å². The van der Waals surface area contributed by atoms with Crippen LogP contribution in [-0.4, -0.2) is 0 Å². The number of hydrogen-bond acceptors (Lipinski definition) is 0. The highest BCUT2D eigenvalue weighted by Crippen LogP contribution is 2.30. The first-order valence-electron chi connectivity index (χ1n) is 4.72. The lowest BCUT2D eigenvalue weighted by Gasteiger charge is -2.10. The molecular weight excluding hydrogens is 255 g/mol. The smallest absolute Gasteiger partial charge is 0.123 e. The minimum absolute atomic E-state index is 0.124. The number of halogens is 2. The van der Waals surface area contributed by atoms with Crippen molar-refractivity contribution in [2.24, 2.45) is 0 Å². The van der Waals surface area contributed by atoms with Crippen LogP contribution in [-0.2, 0) is 0 Å². The Bertz CT molecular complexity index is 422. The van der Waals surface area contributed by atoms with Crippen molar-refractivity contribution in [3.8, 4) is 0 Å². The third-order valence-corrected chi connectivity index (χ3v) is 3.31. The molecule has 0 aliphatic rings. The summed E-state index contributed by atoms with van der Waals surface area (Å²) in [5.74, 6) is -0.202. The molecule has 2 heteroatoms. The van der Waals surface area contributed by atoms with E-state index in [1.807, 2.05) is 30.3 Å². The molecule has 1 unspecified atom stereocenters. The van der Waals surface area contributed by atoms with E-state index in [1.165, 1.54) is 17.7 Å². The molecule has 0 spiro atoms. The summed E-state index contributed by atoms with van der Waals surface area (Å²) >= 11 is 3.60. The molecule has 0 amide bonds. The van der Waals surface area contributed by atoms with Gasteiger partial charge in [0.05, 0.1) is 4.83 Å². The lowest BCUT2D eigenvalue weighted by atomic mass is 10.1. The predicted molar refractivity (Wildman–Crippen MR) is 63.6 cm³/mol. The Morgan fingerprint density at radius 2 is 1.33 bits per heavy atom. The minimum Gasteiger partial charge on any atom is -0.207 e. The molecule has 2 aromatic carbocycles. The van der Waals surface area contributed by atoms with Gasteiger partial charge in [0.1, 0.15) is 5.82 Å². The van der Waals surface area contributed by atoms with Crippen LogP contribution in [0.4, 0.5) is 4.39 Å². The fourth-order valence-corrected chi connectivity index (χ4v) is 2.06. The van der Waals surface area contributed by atoms with E-state index in [9.17, 15) is 4.39 Å². The van der Waals surface area contributed by atoms with Crippen LogP contribution in [0.1, 0.15) is 16.0 Å². The summed E-state index contributed by atoms with van der Waals surface area (Å²) in [4.78, 5) is 0.124. The number of hydrogen-bond donors (Lipinski definition) is 0. The number of benzene rings is 2. The Hall–Kier alpha value is -1.15. The van der Waals surface area contributed by atoms with Gasteiger partial charge in [-0.05, 0) is 23.3 Å². The van der Waals surface area contributed by atoms with Crippen LogP contribution in [0.15, 0.2) is 54.6 Å². The maximum atomic E-state index is 12.7. The summed E-state index contributed by atoms with van der Waals surface area (Å²) in [5, 5.41) is 0. The molecule has 0 aliphatic carbocycles. The zero-order valence-corrected chi connectivity index (χ0v) is 9.62. The van der Waals surface area contributed by atoms with Crippen molar-refractivity contribution in [1.29, 1.82) is 0 Å². The fourth-order valence-electron chi connectivity index (χ4n) is 1.45. The van der Waals surface area contributed by atoms with E-state index >= 15 is 0 Å². The maximum Gasteiger partial charge on any atom is 0.123 e. The van der Waals surface area contributed by atoms with Gasteiger partial charge in [0.2, 0.25) is 0 Å². The summed E-state index contributed by atoms with van der Waals surface area (Å²) in [6.07, 6.45) is 0. The first kappa shape index (κ1) is 10.4. The van der Waals surface area contributed by atoms with Crippen LogP contribution in [0, 0.1) is 5.82 Å². The zero-order chi connectivity index (χ0) is 10.7. The second kappa shape index (κ2) is 4.58. The summed E-state index contributed by atoms with van der Waals surface area (Å²) in [7, 11) is 0. The van der Waals surface area contributed by atoms with Gasteiger partial charge in [0.15, 0.2) is 0 Å². The molecule has 0 N–H and O–H groups in total. The Morgan fingerprint density at radius 3 is 1.93 bits per heavy atom. The molecular formula is C13H10BrF. The van der Waals surface area contributed by atoms with Gasteiger partial charge in [-0.1, -0.05) is 58.4 Å². The number of alkyl halides is 1. The van der Waals surface area contributed by atoms with Crippen molar-refractivity contribution >= 4 is 15.9 Å². The molecule has 0 heterocycles. The van der Waals surface area contributed by atoms with Gasteiger partial charge in [-0.3, -0.25) is 0 Å². The topological polar surface area (TPSA) is 0 Å². The average Bonchev–Trinajstić information content (AvgIpc) is 2.30. The van der Waals surface area contributed by atoms with Crippen LogP contribution in [0.25, 0.3) is 0 Å². The third-order valence-electron chi connectivity index (χ3n) is 2.25. The van der Waals surface area contributed by atoms with Crippen LogP contribution in [0.5, 0.6) is 0 Å². The molecule has 0 aromatic heterocycles. The maximum absolute atomic E-state index is 12.7. The standard InChI is InChI=1S/C13H10BrF/c14-13(10-4-2-1-3-5-10)11-6-8-12(15)9-7-11/h1-9,13H. The summed E-state index contributed by atoms with van der Waals surface area (Å²) < 4.78 is 12.7. The zero-order valence-electron chi connectivity index (χ0n) is 8.03. The lowest BCUT2D eigenvalue weighted by molar-refractivity contribution is 0.627. The molecule has 0 aliphatic heterocycles. The van der Waals surface area contributed by atoms with Crippen LogP contribution in [0.2, 0.25) is 0 Å². The minimum atomic E-state index is -0.202. The van der Waals surface area contributed by atoms with Gasteiger partial charge in [-0.15, -0.1) is 0 Å². The molecule has 0 saturated heterocycles. The van der Waals surface area contributed by atoms with E-state index in [1.54, 1.807) is 12.1 Å². The molecule has 2 aromatic rings. The van der Waals surface area contributed by atoms with Gasteiger partial charge >= 0.3 is 0 Å². The van der Waals surface area contributed by atoms with Gasteiger partial charge < -0.3 is 0 Å². The Kier molecular flexibility index (Phi) is 3.17. The highest BCUT2D eigenvalue weighted by Gasteiger charge is 2.08. The first-order chi connectivity index (χ1) is 7.27. The molecule has 2 rings (SSSR count). The van der Waals surface area contributed by atoms with Crippen molar-refractivity contribution in [1.82, 2.24) is 0 Å². The monoisotopic (exact) mass is 264 g/mol. The lowest BCUT2D eigenvalue weighted by Crippen LogP contribution is -1.91. The normalized spacial score (nSPS) is 12.4.